The fourth-order valence-corrected chi connectivity index (χ4v) is 3.68. The van der Waals surface area contributed by atoms with Crippen LogP contribution in [0.5, 0.6) is 0 Å². The summed E-state index contributed by atoms with van der Waals surface area (Å²) >= 11 is 1.47. The zero-order chi connectivity index (χ0) is 19.6. The lowest BCUT2D eigenvalue weighted by molar-refractivity contribution is -0.115. The Bertz CT molecular complexity index is 1000. The molecule has 0 saturated heterocycles. The molecule has 2 aromatic carbocycles. The lowest BCUT2D eigenvalue weighted by Crippen LogP contribution is -2.27. The molecule has 1 amide bonds. The van der Waals surface area contributed by atoms with Crippen LogP contribution in [0.1, 0.15) is 18.2 Å². The first-order chi connectivity index (χ1) is 12.9. The smallest absolute Gasteiger partial charge is 0.295 e. The van der Waals surface area contributed by atoms with Gasteiger partial charge in [0.05, 0.1) is 16.6 Å². The van der Waals surface area contributed by atoms with Gasteiger partial charge in [-0.1, -0.05) is 35.9 Å². The number of carbonyl (C=O) groups is 1. The number of nitrogens with zero attached hydrogens (tertiary/aromatic N) is 2. The molecule has 1 atom stereocenters. The van der Waals surface area contributed by atoms with Gasteiger partial charge in [0.25, 0.3) is 5.56 Å². The van der Waals surface area contributed by atoms with Gasteiger partial charge in [0.2, 0.25) is 5.91 Å². The fraction of sp³-hybridized carbons (Fsp3) is 0.238. The molecule has 1 heterocycles. The summed E-state index contributed by atoms with van der Waals surface area (Å²) in [4.78, 5) is 26.6. The predicted octanol–water partition coefficient (Wildman–Crippen LogP) is 3.91. The van der Waals surface area contributed by atoms with E-state index in [4.69, 9.17) is 0 Å². The second kappa shape index (κ2) is 7.88. The first-order valence-corrected chi connectivity index (χ1v) is 9.64. The van der Waals surface area contributed by atoms with Gasteiger partial charge in [-0.15, -0.1) is 11.8 Å². The summed E-state index contributed by atoms with van der Waals surface area (Å²) in [6, 6.07) is 17.4. The minimum Gasteiger partial charge on any atom is -0.319 e. The highest BCUT2D eigenvalue weighted by Gasteiger charge is 2.21. The van der Waals surface area contributed by atoms with Gasteiger partial charge in [-0.25, -0.2) is 4.68 Å². The van der Waals surface area contributed by atoms with Crippen molar-refractivity contribution in [2.24, 2.45) is 7.05 Å². The van der Waals surface area contributed by atoms with Crippen LogP contribution in [-0.4, -0.2) is 20.5 Å². The van der Waals surface area contributed by atoms with E-state index in [1.165, 1.54) is 17.3 Å². The molecule has 0 spiro atoms. The normalized spacial score (nSPS) is 12.0. The summed E-state index contributed by atoms with van der Waals surface area (Å²) in [5, 5.41) is 2.50. The third kappa shape index (κ3) is 4.01. The highest BCUT2D eigenvalue weighted by molar-refractivity contribution is 8.00. The summed E-state index contributed by atoms with van der Waals surface area (Å²) in [7, 11) is 1.81. The SMILES string of the molecule is Cc1ccc(S[C@@H](C)C(=O)Nc2c(C)n(C)n(-c3ccccc3)c2=O)cc1. The van der Waals surface area contributed by atoms with Crippen molar-refractivity contribution in [1.82, 2.24) is 9.36 Å². The number of anilines is 1. The van der Waals surface area contributed by atoms with Gasteiger partial charge in [0, 0.05) is 11.9 Å². The van der Waals surface area contributed by atoms with Crippen LogP contribution in [-0.2, 0) is 11.8 Å². The van der Waals surface area contributed by atoms with Crippen LogP contribution in [0.2, 0.25) is 0 Å². The van der Waals surface area contributed by atoms with Crippen LogP contribution in [0.3, 0.4) is 0 Å². The number of carbonyl (C=O) groups excluding carboxylic acids is 1. The third-order valence-electron chi connectivity index (χ3n) is 4.51. The topological polar surface area (TPSA) is 56.0 Å². The Hall–Kier alpha value is -2.73. The van der Waals surface area contributed by atoms with Gasteiger partial charge in [0.1, 0.15) is 5.69 Å². The molecule has 0 aliphatic carbocycles. The van der Waals surface area contributed by atoms with Crippen molar-refractivity contribution in [2.75, 3.05) is 5.32 Å². The third-order valence-corrected chi connectivity index (χ3v) is 5.62. The van der Waals surface area contributed by atoms with Crippen LogP contribution in [0.4, 0.5) is 5.69 Å². The molecule has 0 unspecified atom stereocenters. The van der Waals surface area contributed by atoms with E-state index in [1.807, 2.05) is 82.4 Å². The minimum absolute atomic E-state index is 0.188. The van der Waals surface area contributed by atoms with E-state index in [0.29, 0.717) is 11.4 Å². The predicted molar refractivity (Wildman–Crippen MR) is 111 cm³/mol. The highest BCUT2D eigenvalue weighted by atomic mass is 32.2. The number of thioether (sulfide) groups is 1. The number of nitrogens with one attached hydrogen (secondary N) is 1. The molecular weight excluding hydrogens is 358 g/mol. The molecule has 3 aromatic rings. The van der Waals surface area contributed by atoms with Crippen molar-refractivity contribution in [2.45, 2.75) is 30.9 Å². The molecule has 3 rings (SSSR count). The first kappa shape index (κ1) is 19.0. The van der Waals surface area contributed by atoms with E-state index in [2.05, 4.69) is 5.32 Å². The number of para-hydroxylation sites is 1. The van der Waals surface area contributed by atoms with Crippen LogP contribution >= 0.6 is 11.8 Å². The minimum atomic E-state index is -0.322. The molecule has 0 bridgehead atoms. The molecule has 6 heteroatoms. The Kier molecular flexibility index (Phi) is 5.56. The molecular formula is C21H23N3O2S. The van der Waals surface area contributed by atoms with E-state index in [1.54, 1.807) is 9.36 Å². The Morgan fingerprint density at radius 2 is 1.67 bits per heavy atom. The fourth-order valence-electron chi connectivity index (χ4n) is 2.81. The van der Waals surface area contributed by atoms with Crippen molar-refractivity contribution in [3.63, 3.8) is 0 Å². The number of amides is 1. The monoisotopic (exact) mass is 381 g/mol. The summed E-state index contributed by atoms with van der Waals surface area (Å²) in [5.74, 6) is -0.188. The Labute approximate surface area is 163 Å². The van der Waals surface area contributed by atoms with E-state index in [-0.39, 0.29) is 16.7 Å². The van der Waals surface area contributed by atoms with Crippen LogP contribution in [0.15, 0.2) is 64.3 Å². The highest BCUT2D eigenvalue weighted by Crippen LogP contribution is 2.24. The van der Waals surface area contributed by atoms with Crippen molar-refractivity contribution in [3.05, 3.63) is 76.2 Å². The second-order valence-electron chi connectivity index (χ2n) is 6.50. The van der Waals surface area contributed by atoms with Gasteiger partial charge in [-0.2, -0.15) is 0 Å². The first-order valence-electron chi connectivity index (χ1n) is 8.76. The summed E-state index contributed by atoms with van der Waals surface area (Å²) in [5.41, 5.74) is 2.74. The summed E-state index contributed by atoms with van der Waals surface area (Å²) in [6.45, 7) is 5.70. The molecule has 1 N–H and O–H groups in total. The van der Waals surface area contributed by atoms with E-state index >= 15 is 0 Å². The number of aryl methyl sites for hydroxylation is 1. The molecule has 140 valence electrons. The van der Waals surface area contributed by atoms with Crippen LogP contribution in [0, 0.1) is 13.8 Å². The zero-order valence-electron chi connectivity index (χ0n) is 15.9. The van der Waals surface area contributed by atoms with Crippen molar-refractivity contribution < 1.29 is 4.79 Å². The lowest BCUT2D eigenvalue weighted by Gasteiger charge is -2.11. The summed E-state index contributed by atoms with van der Waals surface area (Å²) in [6.07, 6.45) is 0. The zero-order valence-corrected chi connectivity index (χ0v) is 16.7. The van der Waals surface area contributed by atoms with Crippen molar-refractivity contribution >= 4 is 23.4 Å². The molecule has 0 saturated carbocycles. The van der Waals surface area contributed by atoms with E-state index in [0.717, 1.165) is 10.6 Å². The van der Waals surface area contributed by atoms with E-state index < -0.39 is 0 Å². The second-order valence-corrected chi connectivity index (χ2v) is 7.91. The van der Waals surface area contributed by atoms with Crippen molar-refractivity contribution in [1.29, 1.82) is 0 Å². The van der Waals surface area contributed by atoms with Gasteiger partial charge in [0.15, 0.2) is 0 Å². The lowest BCUT2D eigenvalue weighted by atomic mass is 10.2. The molecule has 0 aliphatic rings. The van der Waals surface area contributed by atoms with Gasteiger partial charge in [-0.05, 0) is 45.0 Å². The average Bonchev–Trinajstić information content (AvgIpc) is 2.87. The summed E-state index contributed by atoms with van der Waals surface area (Å²) < 4.78 is 3.31. The van der Waals surface area contributed by atoms with Crippen LogP contribution < -0.4 is 10.9 Å². The van der Waals surface area contributed by atoms with Crippen LogP contribution in [0.25, 0.3) is 5.69 Å². The number of hydrogen-bond donors (Lipinski definition) is 1. The molecule has 0 fully saturated rings. The van der Waals surface area contributed by atoms with Gasteiger partial charge < -0.3 is 5.32 Å². The quantitative estimate of drug-likeness (QED) is 0.682. The Morgan fingerprint density at radius 3 is 2.30 bits per heavy atom. The van der Waals surface area contributed by atoms with E-state index in [9.17, 15) is 9.59 Å². The average molecular weight is 382 g/mol. The number of hydrogen-bond acceptors (Lipinski definition) is 3. The number of rotatable bonds is 5. The Balaban J connectivity index is 1.82. The number of aromatic nitrogens is 2. The van der Waals surface area contributed by atoms with Crippen molar-refractivity contribution in [3.8, 4) is 5.69 Å². The maximum absolute atomic E-state index is 12.9. The number of benzene rings is 2. The van der Waals surface area contributed by atoms with Gasteiger partial charge in [-0.3, -0.25) is 14.3 Å². The molecule has 5 nitrogen and oxygen atoms in total. The molecule has 0 aliphatic heterocycles. The standard InChI is InChI=1S/C21H23N3O2S/c1-14-10-12-18(13-11-14)27-16(3)20(25)22-19-15(2)23(4)24(21(19)26)17-8-6-5-7-9-17/h5-13,16H,1-4H3,(H,22,25)/t16-/m0/s1. The Morgan fingerprint density at radius 1 is 1.04 bits per heavy atom. The van der Waals surface area contributed by atoms with Gasteiger partial charge >= 0.3 is 0 Å². The maximum Gasteiger partial charge on any atom is 0.295 e. The molecule has 1 aromatic heterocycles. The largest absolute Gasteiger partial charge is 0.319 e. The molecule has 27 heavy (non-hydrogen) atoms. The molecule has 0 radical (unpaired) electrons. The maximum atomic E-state index is 12.9.